The second kappa shape index (κ2) is 3.34. The Morgan fingerprint density at radius 1 is 1.75 bits per heavy atom. The Bertz CT molecular complexity index is 332. The van der Waals surface area contributed by atoms with Crippen LogP contribution in [0.1, 0.15) is 0 Å². The van der Waals surface area contributed by atoms with Crippen molar-refractivity contribution >= 4 is 12.1 Å². The van der Waals surface area contributed by atoms with E-state index in [4.69, 9.17) is 11.0 Å². The van der Waals surface area contributed by atoms with Crippen LogP contribution in [0.25, 0.3) is 0 Å². The molecule has 5 heteroatoms. The number of nitrogens with two attached hydrogens (primary N) is 1. The minimum atomic E-state index is -0.762. The minimum Gasteiger partial charge on any atom is -0.365 e. The van der Waals surface area contributed by atoms with Gasteiger partial charge in [0.25, 0.3) is 5.91 Å². The fourth-order valence-corrected chi connectivity index (χ4v) is 0.710. The van der Waals surface area contributed by atoms with E-state index >= 15 is 0 Å². The summed E-state index contributed by atoms with van der Waals surface area (Å²) in [7, 11) is 0. The predicted octanol–water partition coefficient (Wildman–Crippen LogP) is -0.605. The fourth-order valence-electron chi connectivity index (χ4n) is 0.710. The Kier molecular flexibility index (Phi) is 2.23. The molecule has 1 rings (SSSR count). The molecule has 1 aliphatic heterocycles. The third-order valence-electron chi connectivity index (χ3n) is 1.23. The maximum atomic E-state index is 10.6. The Hall–Kier alpha value is -2.09. The van der Waals surface area contributed by atoms with Crippen molar-refractivity contribution < 1.29 is 4.79 Å². The standard InChI is InChI=1S/C7H6N4O/c8-3-5(7(9)12)6-4-10-1-2-11-6/h1-2,4,11H,(H2,9,12). The van der Waals surface area contributed by atoms with Crippen molar-refractivity contribution in [2.45, 2.75) is 0 Å². The van der Waals surface area contributed by atoms with Gasteiger partial charge in [0.2, 0.25) is 0 Å². The highest BCUT2D eigenvalue weighted by atomic mass is 16.1. The summed E-state index contributed by atoms with van der Waals surface area (Å²) in [6.45, 7) is 0. The van der Waals surface area contributed by atoms with E-state index in [0.717, 1.165) is 0 Å². The van der Waals surface area contributed by atoms with Gasteiger partial charge in [0, 0.05) is 12.4 Å². The number of hydrogen-bond acceptors (Lipinski definition) is 4. The average Bonchev–Trinajstić information content (AvgIpc) is 2.07. The molecule has 1 amide bonds. The first-order chi connectivity index (χ1) is 5.75. The highest BCUT2D eigenvalue weighted by Crippen LogP contribution is 2.00. The molecule has 12 heavy (non-hydrogen) atoms. The summed E-state index contributed by atoms with van der Waals surface area (Å²) >= 11 is 0. The van der Waals surface area contributed by atoms with Gasteiger partial charge in [0.1, 0.15) is 11.6 Å². The van der Waals surface area contributed by atoms with Crippen LogP contribution < -0.4 is 11.1 Å². The summed E-state index contributed by atoms with van der Waals surface area (Å²) in [6, 6.07) is 1.69. The lowest BCUT2D eigenvalue weighted by Crippen LogP contribution is -2.21. The molecule has 0 radical (unpaired) electrons. The number of amides is 1. The third kappa shape index (κ3) is 1.49. The van der Waals surface area contributed by atoms with Crippen LogP contribution in [0.15, 0.2) is 28.7 Å². The zero-order valence-corrected chi connectivity index (χ0v) is 6.11. The SMILES string of the molecule is N#CC(C(N)=O)=C1C=NC=CN1. The van der Waals surface area contributed by atoms with Crippen molar-refractivity contribution in [2.75, 3.05) is 0 Å². The molecule has 0 atom stereocenters. The summed E-state index contributed by atoms with van der Waals surface area (Å²) in [6.07, 6.45) is 4.37. The molecule has 0 unspecified atom stereocenters. The molecule has 3 N–H and O–H groups in total. The first-order valence-corrected chi connectivity index (χ1v) is 3.14. The van der Waals surface area contributed by atoms with Crippen molar-refractivity contribution in [1.29, 1.82) is 5.26 Å². The summed E-state index contributed by atoms with van der Waals surface area (Å²) in [5.41, 5.74) is 5.14. The van der Waals surface area contributed by atoms with Crippen LogP contribution in [-0.2, 0) is 4.79 Å². The van der Waals surface area contributed by atoms with E-state index in [1.807, 2.05) is 0 Å². The van der Waals surface area contributed by atoms with E-state index in [-0.39, 0.29) is 5.57 Å². The molecule has 5 nitrogen and oxygen atoms in total. The third-order valence-corrected chi connectivity index (χ3v) is 1.23. The van der Waals surface area contributed by atoms with Crippen molar-refractivity contribution in [3.63, 3.8) is 0 Å². The topological polar surface area (TPSA) is 91.3 Å². The number of nitrogens with one attached hydrogen (secondary N) is 1. The molecule has 0 aliphatic carbocycles. The number of carbonyl (C=O) groups excluding carboxylic acids is 1. The highest BCUT2D eigenvalue weighted by molar-refractivity contribution is 6.02. The number of primary amides is 1. The lowest BCUT2D eigenvalue weighted by atomic mass is 10.2. The van der Waals surface area contributed by atoms with E-state index in [1.165, 1.54) is 18.6 Å². The normalized spacial score (nSPS) is 17.9. The van der Waals surface area contributed by atoms with E-state index < -0.39 is 5.91 Å². The van der Waals surface area contributed by atoms with Gasteiger partial charge in [-0.2, -0.15) is 5.26 Å². The van der Waals surface area contributed by atoms with Crippen LogP contribution in [0.4, 0.5) is 0 Å². The number of nitrogens with zero attached hydrogens (tertiary/aromatic N) is 2. The number of nitriles is 1. The molecule has 0 aromatic rings. The molecule has 0 saturated carbocycles. The van der Waals surface area contributed by atoms with Crippen LogP contribution in [0.3, 0.4) is 0 Å². The van der Waals surface area contributed by atoms with Crippen molar-refractivity contribution in [2.24, 2.45) is 10.7 Å². The Labute approximate surface area is 68.9 Å². The Morgan fingerprint density at radius 3 is 2.92 bits per heavy atom. The quantitative estimate of drug-likeness (QED) is 0.398. The summed E-state index contributed by atoms with van der Waals surface area (Å²) in [5.74, 6) is -0.762. The van der Waals surface area contributed by atoms with Gasteiger partial charge in [0.05, 0.1) is 11.9 Å². The number of carbonyl (C=O) groups is 1. The molecular weight excluding hydrogens is 156 g/mol. The monoisotopic (exact) mass is 162 g/mol. The van der Waals surface area contributed by atoms with E-state index in [0.29, 0.717) is 5.70 Å². The molecule has 0 saturated heterocycles. The maximum Gasteiger partial charge on any atom is 0.261 e. The van der Waals surface area contributed by atoms with Crippen LogP contribution in [-0.4, -0.2) is 12.1 Å². The van der Waals surface area contributed by atoms with Gasteiger partial charge in [-0.3, -0.25) is 9.79 Å². The molecule has 0 aromatic heterocycles. The smallest absolute Gasteiger partial charge is 0.261 e. The Balaban J connectivity index is 3.04. The van der Waals surface area contributed by atoms with E-state index in [1.54, 1.807) is 6.07 Å². The lowest BCUT2D eigenvalue weighted by molar-refractivity contribution is -0.114. The Morgan fingerprint density at radius 2 is 2.50 bits per heavy atom. The van der Waals surface area contributed by atoms with Crippen molar-refractivity contribution in [1.82, 2.24) is 5.32 Å². The summed E-state index contributed by atoms with van der Waals surface area (Å²) in [4.78, 5) is 14.4. The second-order valence-electron chi connectivity index (χ2n) is 2.00. The number of allylic oxidation sites excluding steroid dienone is 1. The summed E-state index contributed by atoms with van der Waals surface area (Å²) in [5, 5.41) is 11.2. The second-order valence-corrected chi connectivity index (χ2v) is 2.00. The first kappa shape index (κ1) is 8.01. The molecule has 60 valence electrons. The zero-order valence-electron chi connectivity index (χ0n) is 6.11. The maximum absolute atomic E-state index is 10.6. The summed E-state index contributed by atoms with van der Waals surface area (Å²) < 4.78 is 0. The predicted molar refractivity (Wildman–Crippen MR) is 42.6 cm³/mol. The van der Waals surface area contributed by atoms with Crippen molar-refractivity contribution in [3.8, 4) is 6.07 Å². The molecule has 1 heterocycles. The van der Waals surface area contributed by atoms with Crippen LogP contribution in [0, 0.1) is 11.3 Å². The average molecular weight is 162 g/mol. The number of hydrogen-bond donors (Lipinski definition) is 2. The molecule has 0 spiro atoms. The van der Waals surface area contributed by atoms with Gasteiger partial charge in [-0.1, -0.05) is 0 Å². The minimum absolute atomic E-state index is 0.122. The van der Waals surface area contributed by atoms with Crippen LogP contribution in [0.2, 0.25) is 0 Å². The van der Waals surface area contributed by atoms with Crippen molar-refractivity contribution in [3.05, 3.63) is 23.7 Å². The lowest BCUT2D eigenvalue weighted by Gasteiger charge is -2.04. The van der Waals surface area contributed by atoms with Gasteiger partial charge in [-0.15, -0.1) is 0 Å². The van der Waals surface area contributed by atoms with Crippen LogP contribution in [0.5, 0.6) is 0 Å². The van der Waals surface area contributed by atoms with Crippen LogP contribution >= 0.6 is 0 Å². The van der Waals surface area contributed by atoms with Gasteiger partial charge >= 0.3 is 0 Å². The van der Waals surface area contributed by atoms with Gasteiger partial charge in [0.15, 0.2) is 0 Å². The largest absolute Gasteiger partial charge is 0.365 e. The van der Waals surface area contributed by atoms with Gasteiger partial charge in [-0.25, -0.2) is 0 Å². The van der Waals surface area contributed by atoms with E-state index in [9.17, 15) is 4.79 Å². The number of aliphatic imine (C=N–C) groups is 1. The molecule has 0 aromatic carbocycles. The molecular formula is C7H6N4O. The first-order valence-electron chi connectivity index (χ1n) is 3.14. The van der Waals surface area contributed by atoms with E-state index in [2.05, 4.69) is 10.3 Å². The highest BCUT2D eigenvalue weighted by Gasteiger charge is 2.10. The fraction of sp³-hybridized carbons (Fsp3) is 0. The number of rotatable bonds is 1. The van der Waals surface area contributed by atoms with Gasteiger partial charge in [-0.05, 0) is 0 Å². The molecule has 0 fully saturated rings. The van der Waals surface area contributed by atoms with Gasteiger partial charge < -0.3 is 11.1 Å². The zero-order chi connectivity index (χ0) is 8.97. The molecule has 1 aliphatic rings. The molecule has 0 bridgehead atoms.